The second-order valence-electron chi connectivity index (χ2n) is 5.49. The molecule has 0 aromatic heterocycles. The van der Waals surface area contributed by atoms with Crippen LogP contribution < -0.4 is 0 Å². The predicted octanol–water partition coefficient (Wildman–Crippen LogP) is 3.29. The Balaban J connectivity index is 2.82. The average Bonchev–Trinajstić information content (AvgIpc) is 2.38. The van der Waals surface area contributed by atoms with E-state index < -0.39 is 0 Å². The average molecular weight is 341 g/mol. The molecule has 0 N–H and O–H groups in total. The molecule has 0 heterocycles. The second kappa shape index (κ2) is 7.91. The maximum absolute atomic E-state index is 12.6. The number of hydrogen-bond acceptors (Lipinski definition) is 3. The third kappa shape index (κ3) is 4.69. The molecule has 2 unspecified atom stereocenters. The van der Waals surface area contributed by atoms with Crippen LogP contribution in [0, 0.1) is 0 Å². The van der Waals surface area contributed by atoms with E-state index in [1.54, 1.807) is 0 Å². The zero-order valence-corrected chi connectivity index (χ0v) is 14.6. The van der Waals surface area contributed by atoms with Crippen LogP contribution in [0.1, 0.15) is 31.1 Å². The van der Waals surface area contributed by atoms with E-state index in [4.69, 9.17) is 0 Å². The number of halogens is 1. The smallest absolute Gasteiger partial charge is 0.179 e. The lowest BCUT2D eigenvalue weighted by atomic mass is 10.0. The lowest BCUT2D eigenvalue weighted by molar-refractivity contribution is 0.0756. The lowest BCUT2D eigenvalue weighted by Gasteiger charge is -2.34. The first-order valence-corrected chi connectivity index (χ1v) is 7.86. The number of carbonyl (C=O) groups is 1. The van der Waals surface area contributed by atoms with Crippen molar-refractivity contribution in [1.29, 1.82) is 0 Å². The number of hydrogen-bond donors (Lipinski definition) is 0. The summed E-state index contributed by atoms with van der Waals surface area (Å²) in [5, 5.41) is 0. The largest absolute Gasteiger partial charge is 0.308 e. The number of carbonyl (C=O) groups excluding carboxylic acids is 1. The number of likely N-dealkylation sites (N-methyl/N-ethyl adjacent to an activating group) is 2. The third-order valence-electron chi connectivity index (χ3n) is 3.57. The molecule has 0 saturated carbocycles. The monoisotopic (exact) mass is 340 g/mol. The van der Waals surface area contributed by atoms with Gasteiger partial charge in [-0.25, -0.2) is 0 Å². The van der Waals surface area contributed by atoms with Crippen LogP contribution in [0.3, 0.4) is 0 Å². The van der Waals surface area contributed by atoms with Gasteiger partial charge in [0.05, 0.1) is 6.04 Å². The van der Waals surface area contributed by atoms with Crippen LogP contribution in [0.4, 0.5) is 0 Å². The molecule has 0 aliphatic heterocycles. The summed E-state index contributed by atoms with van der Waals surface area (Å²) in [4.78, 5) is 17.0. The minimum atomic E-state index is -0.101. The van der Waals surface area contributed by atoms with Gasteiger partial charge in [0.2, 0.25) is 0 Å². The molecule has 0 aliphatic rings. The molecule has 0 aliphatic carbocycles. The Labute approximate surface area is 131 Å². The topological polar surface area (TPSA) is 23.6 Å². The number of benzene rings is 1. The molecule has 0 saturated heterocycles. The molecule has 3 nitrogen and oxygen atoms in total. The summed E-state index contributed by atoms with van der Waals surface area (Å²) >= 11 is 3.40. The van der Waals surface area contributed by atoms with Crippen LogP contribution in [0.2, 0.25) is 0 Å². The highest BCUT2D eigenvalue weighted by Crippen LogP contribution is 2.15. The molecule has 1 aromatic carbocycles. The first-order chi connectivity index (χ1) is 9.36. The van der Waals surface area contributed by atoms with Gasteiger partial charge in [-0.1, -0.05) is 35.0 Å². The number of rotatable bonds is 7. The normalized spacial score (nSPS) is 14.6. The molecule has 0 amide bonds. The van der Waals surface area contributed by atoms with Crippen LogP contribution in [0.5, 0.6) is 0 Å². The lowest BCUT2D eigenvalue weighted by Crippen LogP contribution is -2.48. The number of nitrogens with zero attached hydrogens (tertiary/aromatic N) is 2. The molecule has 0 radical (unpaired) electrons. The van der Waals surface area contributed by atoms with Gasteiger partial charge in [-0.15, -0.1) is 0 Å². The van der Waals surface area contributed by atoms with Gasteiger partial charge in [-0.3, -0.25) is 9.69 Å². The first kappa shape index (κ1) is 17.3. The van der Waals surface area contributed by atoms with Gasteiger partial charge in [0.1, 0.15) is 0 Å². The van der Waals surface area contributed by atoms with E-state index in [0.29, 0.717) is 6.04 Å². The highest BCUT2D eigenvalue weighted by atomic mass is 79.9. The molecule has 0 fully saturated rings. The van der Waals surface area contributed by atoms with Gasteiger partial charge in [-0.05, 0) is 46.6 Å². The first-order valence-electron chi connectivity index (χ1n) is 7.07. The van der Waals surface area contributed by atoms with Crippen molar-refractivity contribution in [2.75, 3.05) is 27.2 Å². The van der Waals surface area contributed by atoms with E-state index in [-0.39, 0.29) is 11.8 Å². The minimum absolute atomic E-state index is 0.101. The van der Waals surface area contributed by atoms with E-state index >= 15 is 0 Å². The standard InChI is InChI=1S/C16H25BrN2O/c1-6-19(12(2)11-18(4)5)13(3)16(20)14-7-9-15(17)10-8-14/h7-10,12-13H,6,11H2,1-5H3. The van der Waals surface area contributed by atoms with Crippen molar-refractivity contribution in [3.63, 3.8) is 0 Å². The fraction of sp³-hybridized carbons (Fsp3) is 0.562. The van der Waals surface area contributed by atoms with Gasteiger partial charge in [-0.2, -0.15) is 0 Å². The quantitative estimate of drug-likeness (QED) is 0.711. The van der Waals surface area contributed by atoms with Gasteiger partial charge >= 0.3 is 0 Å². The summed E-state index contributed by atoms with van der Waals surface area (Å²) in [6, 6.07) is 7.85. The predicted molar refractivity (Wildman–Crippen MR) is 88.3 cm³/mol. The molecule has 0 spiro atoms. The van der Waals surface area contributed by atoms with E-state index in [1.165, 1.54) is 0 Å². The fourth-order valence-corrected chi connectivity index (χ4v) is 2.87. The highest BCUT2D eigenvalue weighted by molar-refractivity contribution is 9.10. The summed E-state index contributed by atoms with van der Waals surface area (Å²) in [5.74, 6) is 0.185. The van der Waals surface area contributed by atoms with Crippen molar-refractivity contribution in [1.82, 2.24) is 9.80 Å². The molecular formula is C16H25BrN2O. The van der Waals surface area contributed by atoms with Gasteiger partial charge < -0.3 is 4.90 Å². The number of Topliss-reactive ketones (excluding diaryl/α,β-unsaturated/α-hetero) is 1. The van der Waals surface area contributed by atoms with Crippen LogP contribution >= 0.6 is 15.9 Å². The van der Waals surface area contributed by atoms with E-state index in [1.807, 2.05) is 31.2 Å². The van der Waals surface area contributed by atoms with Crippen molar-refractivity contribution in [3.05, 3.63) is 34.3 Å². The molecule has 20 heavy (non-hydrogen) atoms. The van der Waals surface area contributed by atoms with Gasteiger partial charge in [0.25, 0.3) is 0 Å². The van der Waals surface area contributed by atoms with Crippen molar-refractivity contribution in [2.45, 2.75) is 32.9 Å². The zero-order chi connectivity index (χ0) is 15.3. The Morgan fingerprint density at radius 2 is 1.75 bits per heavy atom. The maximum atomic E-state index is 12.6. The summed E-state index contributed by atoms with van der Waals surface area (Å²) in [7, 11) is 4.12. The maximum Gasteiger partial charge on any atom is 0.179 e. The van der Waals surface area contributed by atoms with E-state index in [9.17, 15) is 4.79 Å². The Morgan fingerprint density at radius 1 is 1.20 bits per heavy atom. The summed E-state index contributed by atoms with van der Waals surface area (Å²) in [6.45, 7) is 8.11. The van der Waals surface area contributed by atoms with Crippen molar-refractivity contribution in [2.24, 2.45) is 0 Å². The second-order valence-corrected chi connectivity index (χ2v) is 6.40. The van der Waals surface area contributed by atoms with Crippen molar-refractivity contribution >= 4 is 21.7 Å². The Hall–Kier alpha value is -0.710. The molecule has 1 rings (SSSR count). The van der Waals surface area contributed by atoms with Crippen LogP contribution in [0.25, 0.3) is 0 Å². The van der Waals surface area contributed by atoms with Crippen LogP contribution in [0.15, 0.2) is 28.7 Å². The molecule has 0 bridgehead atoms. The van der Waals surface area contributed by atoms with Gasteiger partial charge in [0.15, 0.2) is 5.78 Å². The highest BCUT2D eigenvalue weighted by Gasteiger charge is 2.25. The summed E-state index contributed by atoms with van der Waals surface area (Å²) in [6.07, 6.45) is 0. The summed E-state index contributed by atoms with van der Waals surface area (Å²) in [5.41, 5.74) is 0.774. The Morgan fingerprint density at radius 3 is 2.20 bits per heavy atom. The molecule has 1 aromatic rings. The van der Waals surface area contributed by atoms with Gasteiger partial charge in [0, 0.05) is 22.6 Å². The number of ketones is 1. The van der Waals surface area contributed by atoms with Crippen LogP contribution in [-0.2, 0) is 0 Å². The fourth-order valence-electron chi connectivity index (χ4n) is 2.61. The van der Waals surface area contributed by atoms with E-state index in [2.05, 4.69) is 53.7 Å². The SMILES string of the molecule is CCN(C(C)CN(C)C)C(C)C(=O)c1ccc(Br)cc1. The molecule has 112 valence electrons. The Kier molecular flexibility index (Phi) is 6.86. The molecule has 2 atom stereocenters. The van der Waals surface area contributed by atoms with Crippen molar-refractivity contribution in [3.8, 4) is 0 Å². The zero-order valence-electron chi connectivity index (χ0n) is 13.1. The Bertz CT molecular complexity index is 431. The minimum Gasteiger partial charge on any atom is -0.308 e. The summed E-state index contributed by atoms with van der Waals surface area (Å²) < 4.78 is 0.995. The van der Waals surface area contributed by atoms with E-state index in [0.717, 1.165) is 23.1 Å². The van der Waals surface area contributed by atoms with Crippen molar-refractivity contribution < 1.29 is 4.79 Å². The third-order valence-corrected chi connectivity index (χ3v) is 4.09. The molecule has 4 heteroatoms. The molecular weight excluding hydrogens is 316 g/mol. The van der Waals surface area contributed by atoms with Crippen LogP contribution in [-0.4, -0.2) is 54.9 Å².